The maximum atomic E-state index is 9.26. The Morgan fingerprint density at radius 2 is 2.25 bits per heavy atom. The summed E-state index contributed by atoms with van der Waals surface area (Å²) in [5.74, 6) is 0. The molecule has 0 aromatic carbocycles. The summed E-state index contributed by atoms with van der Waals surface area (Å²) in [5, 5.41) is 9.26. The second-order valence-electron chi connectivity index (χ2n) is 6.21. The van der Waals surface area contributed by atoms with Gasteiger partial charge in [0.25, 0.3) is 0 Å². The van der Waals surface area contributed by atoms with Gasteiger partial charge in [-0.1, -0.05) is 0 Å². The molecule has 20 heavy (non-hydrogen) atoms. The van der Waals surface area contributed by atoms with E-state index >= 15 is 0 Å². The molecule has 0 amide bonds. The fourth-order valence-corrected chi connectivity index (χ4v) is 3.23. The van der Waals surface area contributed by atoms with Gasteiger partial charge in [-0.3, -0.25) is 4.98 Å². The first-order chi connectivity index (χ1) is 9.54. The van der Waals surface area contributed by atoms with Crippen LogP contribution in [0, 0.1) is 11.3 Å². The summed E-state index contributed by atoms with van der Waals surface area (Å²) in [6, 6.07) is 4.13. The second-order valence-corrected chi connectivity index (χ2v) is 6.21. The van der Waals surface area contributed by atoms with Gasteiger partial charge in [0.1, 0.15) is 11.7 Å². The molecule has 1 atom stereocenters. The average Bonchev–Trinajstić information content (AvgIpc) is 2.84. The molecule has 106 valence electrons. The molecular weight excluding hydrogens is 254 g/mol. The Bertz CT molecular complexity index is 544. The summed E-state index contributed by atoms with van der Waals surface area (Å²) < 4.78 is 11.8. The molecule has 0 bridgehead atoms. The van der Waals surface area contributed by atoms with Crippen LogP contribution in [-0.2, 0) is 9.47 Å². The number of hydrogen-bond acceptors (Lipinski definition) is 5. The minimum absolute atomic E-state index is 0.252. The zero-order valence-electron chi connectivity index (χ0n) is 11.9. The Balaban J connectivity index is 1.95. The van der Waals surface area contributed by atoms with Crippen LogP contribution >= 0.6 is 0 Å². The first kappa shape index (κ1) is 13.3. The standard InChI is InChI=1S/C15H19N3O2/c1-14(2)9-18(10-15(20-14)4-6-19-11-15)13-3-5-17-8-12(13)7-16/h3,5,8H,4,6,9-11H2,1-2H3. The van der Waals surface area contributed by atoms with Crippen molar-refractivity contribution in [1.82, 2.24) is 4.98 Å². The van der Waals surface area contributed by atoms with E-state index in [1.807, 2.05) is 6.07 Å². The van der Waals surface area contributed by atoms with Crippen LogP contribution in [0.15, 0.2) is 18.5 Å². The van der Waals surface area contributed by atoms with Crippen molar-refractivity contribution < 1.29 is 9.47 Å². The van der Waals surface area contributed by atoms with Crippen LogP contribution in [0.2, 0.25) is 0 Å². The minimum Gasteiger partial charge on any atom is -0.378 e. The molecule has 5 nitrogen and oxygen atoms in total. The molecule has 0 radical (unpaired) electrons. The summed E-state index contributed by atoms with van der Waals surface area (Å²) in [7, 11) is 0. The third-order valence-electron chi connectivity index (χ3n) is 3.87. The normalized spacial score (nSPS) is 28.6. The van der Waals surface area contributed by atoms with E-state index in [2.05, 4.69) is 29.8 Å². The van der Waals surface area contributed by atoms with Gasteiger partial charge < -0.3 is 14.4 Å². The Morgan fingerprint density at radius 3 is 2.95 bits per heavy atom. The van der Waals surface area contributed by atoms with Crippen molar-refractivity contribution in [3.05, 3.63) is 24.0 Å². The monoisotopic (exact) mass is 273 g/mol. The van der Waals surface area contributed by atoms with Crippen molar-refractivity contribution >= 4 is 5.69 Å². The smallest absolute Gasteiger partial charge is 0.112 e. The van der Waals surface area contributed by atoms with Crippen molar-refractivity contribution in [2.75, 3.05) is 31.2 Å². The number of pyridine rings is 1. The van der Waals surface area contributed by atoms with Gasteiger partial charge in [-0.25, -0.2) is 0 Å². The number of ether oxygens (including phenoxy) is 2. The highest BCUT2D eigenvalue weighted by molar-refractivity contribution is 5.58. The van der Waals surface area contributed by atoms with Crippen LogP contribution in [0.1, 0.15) is 25.8 Å². The summed E-state index contributed by atoms with van der Waals surface area (Å²) >= 11 is 0. The largest absolute Gasteiger partial charge is 0.378 e. The maximum Gasteiger partial charge on any atom is 0.112 e. The summed E-state index contributed by atoms with van der Waals surface area (Å²) in [5.41, 5.74) is 1.03. The summed E-state index contributed by atoms with van der Waals surface area (Å²) in [6.07, 6.45) is 4.26. The van der Waals surface area contributed by atoms with E-state index in [-0.39, 0.29) is 11.2 Å². The highest BCUT2D eigenvalue weighted by atomic mass is 16.6. The van der Waals surface area contributed by atoms with E-state index in [0.717, 1.165) is 31.8 Å². The van der Waals surface area contributed by atoms with Crippen LogP contribution in [0.25, 0.3) is 0 Å². The topological polar surface area (TPSA) is 58.4 Å². The lowest BCUT2D eigenvalue weighted by Crippen LogP contribution is -2.60. The third kappa shape index (κ3) is 2.37. The summed E-state index contributed by atoms with van der Waals surface area (Å²) in [6.45, 7) is 7.06. The van der Waals surface area contributed by atoms with E-state index in [1.54, 1.807) is 12.4 Å². The lowest BCUT2D eigenvalue weighted by Gasteiger charge is -2.49. The minimum atomic E-state index is -0.262. The van der Waals surface area contributed by atoms with Gasteiger partial charge in [-0.05, 0) is 19.9 Å². The van der Waals surface area contributed by atoms with Gasteiger partial charge in [0.2, 0.25) is 0 Å². The van der Waals surface area contributed by atoms with E-state index in [4.69, 9.17) is 9.47 Å². The van der Waals surface area contributed by atoms with Gasteiger partial charge >= 0.3 is 0 Å². The van der Waals surface area contributed by atoms with E-state index in [9.17, 15) is 5.26 Å². The Labute approximate surface area is 119 Å². The number of anilines is 1. The molecule has 5 heteroatoms. The molecule has 1 unspecified atom stereocenters. The second kappa shape index (κ2) is 4.72. The van der Waals surface area contributed by atoms with Gasteiger partial charge in [0.15, 0.2) is 0 Å². The van der Waals surface area contributed by atoms with E-state index in [0.29, 0.717) is 12.2 Å². The van der Waals surface area contributed by atoms with Crippen LogP contribution in [0.4, 0.5) is 5.69 Å². The quantitative estimate of drug-likeness (QED) is 0.780. The zero-order valence-corrected chi connectivity index (χ0v) is 11.9. The van der Waals surface area contributed by atoms with Crippen LogP contribution in [-0.4, -0.2) is 42.5 Å². The molecule has 1 spiro atoms. The first-order valence-electron chi connectivity index (χ1n) is 6.91. The Hall–Kier alpha value is -1.64. The molecule has 2 aliphatic heterocycles. The molecule has 1 aromatic rings. The molecule has 2 saturated heterocycles. The van der Waals surface area contributed by atoms with Crippen LogP contribution < -0.4 is 4.90 Å². The average molecular weight is 273 g/mol. The third-order valence-corrected chi connectivity index (χ3v) is 3.87. The molecule has 0 aliphatic carbocycles. The van der Waals surface area contributed by atoms with Crippen molar-refractivity contribution in [3.63, 3.8) is 0 Å². The van der Waals surface area contributed by atoms with Crippen LogP contribution in [0.5, 0.6) is 0 Å². The molecule has 2 aliphatic rings. The van der Waals surface area contributed by atoms with Gasteiger partial charge in [0, 0.05) is 38.5 Å². The number of aromatic nitrogens is 1. The number of nitrogens with zero attached hydrogens (tertiary/aromatic N) is 3. The van der Waals surface area contributed by atoms with Crippen molar-refractivity contribution in [2.45, 2.75) is 31.5 Å². The molecule has 1 aromatic heterocycles. The first-order valence-corrected chi connectivity index (χ1v) is 6.91. The fourth-order valence-electron chi connectivity index (χ4n) is 3.23. The molecular formula is C15H19N3O2. The number of hydrogen-bond donors (Lipinski definition) is 0. The molecule has 2 fully saturated rings. The van der Waals surface area contributed by atoms with Gasteiger partial charge in [-0.2, -0.15) is 5.26 Å². The lowest BCUT2D eigenvalue weighted by atomic mass is 9.94. The van der Waals surface area contributed by atoms with Crippen LogP contribution in [0.3, 0.4) is 0 Å². The SMILES string of the molecule is CC1(C)CN(c2ccncc2C#N)CC2(CCOC2)O1. The van der Waals surface area contributed by atoms with Crippen molar-refractivity contribution in [2.24, 2.45) is 0 Å². The maximum absolute atomic E-state index is 9.26. The van der Waals surface area contributed by atoms with Crippen molar-refractivity contribution in [1.29, 1.82) is 5.26 Å². The van der Waals surface area contributed by atoms with Crippen molar-refractivity contribution in [3.8, 4) is 6.07 Å². The lowest BCUT2D eigenvalue weighted by molar-refractivity contribution is -0.151. The highest BCUT2D eigenvalue weighted by Gasteiger charge is 2.47. The molecule has 3 rings (SSSR count). The van der Waals surface area contributed by atoms with E-state index < -0.39 is 0 Å². The van der Waals surface area contributed by atoms with Gasteiger partial charge in [-0.15, -0.1) is 0 Å². The highest BCUT2D eigenvalue weighted by Crippen LogP contribution is 2.37. The number of nitriles is 1. The van der Waals surface area contributed by atoms with E-state index in [1.165, 1.54) is 0 Å². The fraction of sp³-hybridized carbons (Fsp3) is 0.600. The number of rotatable bonds is 1. The molecule has 0 N–H and O–H groups in total. The summed E-state index contributed by atoms with van der Waals surface area (Å²) in [4.78, 5) is 6.27. The molecule has 3 heterocycles. The predicted octanol–water partition coefficient (Wildman–Crippen LogP) is 1.73. The molecule has 0 saturated carbocycles. The van der Waals surface area contributed by atoms with Gasteiger partial charge in [0.05, 0.1) is 23.5 Å². The zero-order chi connectivity index (χ0) is 14.2. The number of morpholine rings is 1. The Morgan fingerprint density at radius 1 is 1.40 bits per heavy atom. The predicted molar refractivity (Wildman–Crippen MR) is 74.5 cm³/mol. The Kier molecular flexibility index (Phi) is 3.15.